The highest BCUT2D eigenvalue weighted by Crippen LogP contribution is 2.48. The summed E-state index contributed by atoms with van der Waals surface area (Å²) in [5, 5.41) is 5.56. The quantitative estimate of drug-likeness (QED) is 0.434. The normalized spacial score (nSPS) is 31.4. The molecule has 13 heteroatoms. The van der Waals surface area contributed by atoms with E-state index in [2.05, 4.69) is 15.4 Å². The standard InChI is InChI=1S/C30H49N5O7S/c1-20-13-11-14-21(2)35(20)43(40,41)33-27(38)30-19-22(30)15-9-7-6-8-10-16-23(31-28(39)42-29(3,4)5)26(37)34-18-12-17-24(34)25(36)32-30/h17,20-23H,6-16,18-19H2,1-5H3,(H,31,39)(H,32,36)(H,33,38). The molecule has 0 bridgehead atoms. The predicted octanol–water partition coefficient (Wildman–Crippen LogP) is 3.24. The topological polar surface area (TPSA) is 154 Å². The maximum Gasteiger partial charge on any atom is 0.408 e. The molecule has 0 spiro atoms. The van der Waals surface area contributed by atoms with E-state index in [1.165, 1.54) is 9.21 Å². The molecule has 5 unspecified atom stereocenters. The van der Waals surface area contributed by atoms with Crippen molar-refractivity contribution in [3.05, 3.63) is 11.8 Å². The Balaban J connectivity index is 1.54. The molecular weight excluding hydrogens is 574 g/mol. The fourth-order valence-electron chi connectivity index (χ4n) is 6.74. The maximum absolute atomic E-state index is 13.7. The van der Waals surface area contributed by atoms with Crippen LogP contribution in [-0.2, 0) is 29.3 Å². The highest BCUT2D eigenvalue weighted by molar-refractivity contribution is 7.87. The van der Waals surface area contributed by atoms with Crippen molar-refractivity contribution < 1.29 is 32.3 Å². The van der Waals surface area contributed by atoms with Crippen LogP contribution in [0.1, 0.15) is 112 Å². The van der Waals surface area contributed by atoms with E-state index in [-0.39, 0.29) is 30.2 Å². The van der Waals surface area contributed by atoms with Crippen molar-refractivity contribution in [3.63, 3.8) is 0 Å². The lowest BCUT2D eigenvalue weighted by Crippen LogP contribution is -2.58. The number of amides is 4. The first-order valence-corrected chi connectivity index (χ1v) is 17.3. The van der Waals surface area contributed by atoms with E-state index in [1.54, 1.807) is 26.8 Å². The molecule has 5 atom stereocenters. The van der Waals surface area contributed by atoms with Crippen LogP contribution in [0.15, 0.2) is 11.8 Å². The first-order valence-electron chi connectivity index (χ1n) is 15.8. The zero-order valence-electron chi connectivity index (χ0n) is 26.2. The van der Waals surface area contributed by atoms with Crippen molar-refractivity contribution in [2.75, 3.05) is 6.54 Å². The van der Waals surface area contributed by atoms with Gasteiger partial charge in [0.15, 0.2) is 0 Å². The maximum atomic E-state index is 13.7. The number of rotatable bonds is 4. The first-order chi connectivity index (χ1) is 20.1. The number of carbonyl (C=O) groups excluding carboxylic acids is 4. The molecule has 0 aromatic carbocycles. The highest BCUT2D eigenvalue weighted by atomic mass is 32.2. The van der Waals surface area contributed by atoms with Gasteiger partial charge in [0.25, 0.3) is 11.8 Å². The molecule has 12 nitrogen and oxygen atoms in total. The van der Waals surface area contributed by atoms with Gasteiger partial charge < -0.3 is 20.3 Å². The zero-order chi connectivity index (χ0) is 31.6. The molecule has 3 heterocycles. The molecule has 43 heavy (non-hydrogen) atoms. The largest absolute Gasteiger partial charge is 0.444 e. The zero-order valence-corrected chi connectivity index (χ0v) is 27.1. The van der Waals surface area contributed by atoms with Gasteiger partial charge in [-0.05, 0) is 79.1 Å². The van der Waals surface area contributed by atoms with Crippen LogP contribution in [0.5, 0.6) is 0 Å². The molecule has 3 N–H and O–H groups in total. The predicted molar refractivity (Wildman–Crippen MR) is 161 cm³/mol. The molecule has 0 aromatic rings. The molecule has 3 fully saturated rings. The Labute approximate surface area is 255 Å². The van der Waals surface area contributed by atoms with Gasteiger partial charge in [-0.1, -0.05) is 44.6 Å². The summed E-state index contributed by atoms with van der Waals surface area (Å²) in [4.78, 5) is 55.1. The van der Waals surface area contributed by atoms with E-state index < -0.39 is 51.2 Å². The molecule has 3 aliphatic heterocycles. The van der Waals surface area contributed by atoms with E-state index >= 15 is 0 Å². The third-order valence-electron chi connectivity index (χ3n) is 8.97. The molecule has 2 saturated heterocycles. The number of nitrogens with zero attached hydrogens (tertiary/aromatic N) is 2. The smallest absolute Gasteiger partial charge is 0.408 e. The van der Waals surface area contributed by atoms with Crippen molar-refractivity contribution in [2.45, 2.75) is 141 Å². The van der Waals surface area contributed by atoms with Gasteiger partial charge in [0.2, 0.25) is 5.91 Å². The Kier molecular flexibility index (Phi) is 10.1. The van der Waals surface area contributed by atoms with Crippen LogP contribution in [0, 0.1) is 5.92 Å². The molecule has 4 rings (SSSR count). The third kappa shape index (κ3) is 7.89. The number of piperidine rings is 1. The Morgan fingerprint density at radius 3 is 2.26 bits per heavy atom. The highest BCUT2D eigenvalue weighted by Gasteiger charge is 2.62. The Morgan fingerprint density at radius 1 is 0.977 bits per heavy atom. The lowest BCUT2D eigenvalue weighted by Gasteiger charge is -2.37. The second-order valence-electron chi connectivity index (χ2n) is 13.6. The van der Waals surface area contributed by atoms with Crippen LogP contribution in [0.4, 0.5) is 4.79 Å². The lowest BCUT2D eigenvalue weighted by molar-refractivity contribution is -0.134. The first kappa shape index (κ1) is 33.2. The van der Waals surface area contributed by atoms with Crippen molar-refractivity contribution in [1.82, 2.24) is 24.6 Å². The molecule has 1 aliphatic carbocycles. The Morgan fingerprint density at radius 2 is 1.60 bits per heavy atom. The minimum atomic E-state index is -4.13. The number of hydrogen-bond donors (Lipinski definition) is 3. The minimum Gasteiger partial charge on any atom is -0.444 e. The Bertz CT molecular complexity index is 1220. The molecule has 4 aliphatic rings. The summed E-state index contributed by atoms with van der Waals surface area (Å²) in [5.41, 5.74) is -2.01. The number of nitrogens with one attached hydrogen (secondary N) is 3. The average Bonchev–Trinajstić information content (AvgIpc) is 3.35. The summed E-state index contributed by atoms with van der Waals surface area (Å²) in [6.45, 7) is 9.17. The van der Waals surface area contributed by atoms with Crippen LogP contribution in [0.2, 0.25) is 0 Å². The number of hydrogen-bond acceptors (Lipinski definition) is 7. The Hall–Kier alpha value is -2.67. The van der Waals surface area contributed by atoms with Crippen molar-refractivity contribution in [2.24, 2.45) is 5.92 Å². The molecular formula is C30H49N5O7S. The second kappa shape index (κ2) is 13.1. The van der Waals surface area contributed by atoms with Crippen LogP contribution >= 0.6 is 0 Å². The molecule has 4 amide bonds. The summed E-state index contributed by atoms with van der Waals surface area (Å²) in [6, 6.07) is -1.36. The van der Waals surface area contributed by atoms with E-state index in [4.69, 9.17) is 4.74 Å². The monoisotopic (exact) mass is 623 g/mol. The van der Waals surface area contributed by atoms with Gasteiger partial charge in [-0.3, -0.25) is 14.4 Å². The van der Waals surface area contributed by atoms with E-state index in [1.807, 2.05) is 13.8 Å². The minimum absolute atomic E-state index is 0.106. The van der Waals surface area contributed by atoms with Gasteiger partial charge in [-0.2, -0.15) is 12.7 Å². The van der Waals surface area contributed by atoms with Gasteiger partial charge in [-0.25, -0.2) is 9.52 Å². The van der Waals surface area contributed by atoms with Gasteiger partial charge >= 0.3 is 16.3 Å². The third-order valence-corrected chi connectivity index (χ3v) is 10.7. The summed E-state index contributed by atoms with van der Waals surface area (Å²) >= 11 is 0. The molecule has 242 valence electrons. The van der Waals surface area contributed by atoms with Crippen LogP contribution in [0.3, 0.4) is 0 Å². The summed E-state index contributed by atoms with van der Waals surface area (Å²) < 4.78 is 35.9. The SMILES string of the molecule is CC1CCCC(C)N1S(=O)(=O)NC(=O)C12CC1CCCCCCCC(NC(=O)OC(C)(C)C)C(=O)N1CCC=C1C(=O)N2. The number of carbonyl (C=O) groups is 4. The van der Waals surface area contributed by atoms with Crippen molar-refractivity contribution >= 4 is 34.0 Å². The van der Waals surface area contributed by atoms with Crippen molar-refractivity contribution in [1.29, 1.82) is 0 Å². The van der Waals surface area contributed by atoms with Gasteiger partial charge in [0.1, 0.15) is 22.9 Å². The van der Waals surface area contributed by atoms with Crippen LogP contribution in [-0.4, -0.2) is 77.2 Å². The number of ether oxygens (including phenoxy) is 1. The summed E-state index contributed by atoms with van der Waals surface area (Å²) in [7, 11) is -4.13. The van der Waals surface area contributed by atoms with Gasteiger partial charge in [0, 0.05) is 18.6 Å². The van der Waals surface area contributed by atoms with E-state index in [0.717, 1.165) is 32.1 Å². The van der Waals surface area contributed by atoms with Gasteiger partial charge in [0.05, 0.1) is 0 Å². The van der Waals surface area contributed by atoms with E-state index in [9.17, 15) is 27.6 Å². The molecule has 0 radical (unpaired) electrons. The fourth-order valence-corrected chi connectivity index (χ4v) is 8.42. The van der Waals surface area contributed by atoms with Crippen LogP contribution in [0.25, 0.3) is 0 Å². The van der Waals surface area contributed by atoms with Crippen LogP contribution < -0.4 is 15.4 Å². The average molecular weight is 624 g/mol. The summed E-state index contributed by atoms with van der Waals surface area (Å²) in [5.74, 6) is -1.96. The number of fused-ring (bicyclic) bond motifs is 2. The summed E-state index contributed by atoms with van der Waals surface area (Å²) in [6.07, 6.45) is 9.37. The van der Waals surface area contributed by atoms with Crippen molar-refractivity contribution in [3.8, 4) is 0 Å². The lowest BCUT2D eigenvalue weighted by atomic mass is 10.0. The fraction of sp³-hybridized carbons (Fsp3) is 0.800. The molecule has 0 aromatic heterocycles. The second-order valence-corrected chi connectivity index (χ2v) is 15.2. The van der Waals surface area contributed by atoms with Gasteiger partial charge in [-0.15, -0.1) is 0 Å². The number of alkyl carbamates (subject to hydrolysis) is 1. The molecule has 1 saturated carbocycles. The van der Waals surface area contributed by atoms with E-state index in [0.29, 0.717) is 44.9 Å².